The molecule has 0 radical (unpaired) electrons. The Hall–Kier alpha value is -0.220. The van der Waals surface area contributed by atoms with Crippen molar-refractivity contribution in [3.8, 4) is 0 Å². The number of thioether (sulfide) groups is 1. The summed E-state index contributed by atoms with van der Waals surface area (Å²) in [7, 11) is 1.44. The summed E-state index contributed by atoms with van der Waals surface area (Å²) in [6.07, 6.45) is 2.62. The number of carbonyl (C=O) groups excluding carboxylic acids is 1. The van der Waals surface area contributed by atoms with E-state index in [0.717, 1.165) is 13.0 Å². The van der Waals surface area contributed by atoms with Crippen molar-refractivity contribution in [1.29, 1.82) is 0 Å². The zero-order valence-electron chi connectivity index (χ0n) is 10.5. The average Bonchev–Trinajstić information content (AvgIpc) is 2.22. The number of carbonyl (C=O) groups is 1. The van der Waals surface area contributed by atoms with E-state index in [1.165, 1.54) is 25.0 Å². The highest BCUT2D eigenvalue weighted by atomic mass is 32.2. The molecule has 0 aromatic heterocycles. The summed E-state index contributed by atoms with van der Waals surface area (Å²) in [5.41, 5.74) is 0.447. The first-order valence-corrected chi connectivity index (χ1v) is 7.07. The molecule has 16 heavy (non-hydrogen) atoms. The fourth-order valence-electron chi connectivity index (χ4n) is 2.03. The van der Waals surface area contributed by atoms with E-state index in [-0.39, 0.29) is 5.97 Å². The minimum Gasteiger partial charge on any atom is -0.469 e. The number of ether oxygens (including phenoxy) is 1. The molecular weight excluding hydrogens is 222 g/mol. The van der Waals surface area contributed by atoms with Crippen molar-refractivity contribution in [2.75, 3.05) is 25.2 Å². The molecule has 4 heteroatoms. The minimum absolute atomic E-state index is 0.111. The Bertz CT molecular complexity index is 231. The maximum Gasteiger partial charge on any atom is 0.305 e. The molecule has 3 nitrogen and oxygen atoms in total. The van der Waals surface area contributed by atoms with Gasteiger partial charge < -0.3 is 10.1 Å². The summed E-state index contributed by atoms with van der Waals surface area (Å²) in [4.78, 5) is 10.9. The fraction of sp³-hybridized carbons (Fsp3) is 0.917. The number of hydrogen-bond acceptors (Lipinski definition) is 4. The van der Waals surface area contributed by atoms with Gasteiger partial charge >= 0.3 is 5.97 Å². The van der Waals surface area contributed by atoms with Crippen LogP contribution in [0.3, 0.4) is 0 Å². The van der Waals surface area contributed by atoms with Crippen molar-refractivity contribution in [3.05, 3.63) is 0 Å². The third kappa shape index (κ3) is 5.21. The van der Waals surface area contributed by atoms with Gasteiger partial charge in [0.2, 0.25) is 0 Å². The summed E-state index contributed by atoms with van der Waals surface area (Å²) in [6, 6.07) is 0.603. The Morgan fingerprint density at radius 2 is 2.31 bits per heavy atom. The second-order valence-electron chi connectivity index (χ2n) is 5.21. The standard InChI is InChI=1S/C12H23NO2S/c1-12(2)7-10(8-16-9-12)13-6-4-5-11(14)15-3/h10,13H,4-9H2,1-3H3. The van der Waals surface area contributed by atoms with Crippen LogP contribution < -0.4 is 5.32 Å². The highest BCUT2D eigenvalue weighted by molar-refractivity contribution is 7.99. The summed E-state index contributed by atoms with van der Waals surface area (Å²) < 4.78 is 4.60. The first kappa shape index (κ1) is 13.8. The molecular formula is C12H23NO2S. The van der Waals surface area contributed by atoms with E-state index in [2.05, 4.69) is 23.9 Å². The molecule has 0 amide bonds. The van der Waals surface area contributed by atoms with Gasteiger partial charge in [-0.3, -0.25) is 4.79 Å². The molecule has 1 atom stereocenters. The lowest BCUT2D eigenvalue weighted by Crippen LogP contribution is -2.40. The van der Waals surface area contributed by atoms with Crippen molar-refractivity contribution in [2.24, 2.45) is 5.41 Å². The van der Waals surface area contributed by atoms with Crippen molar-refractivity contribution < 1.29 is 9.53 Å². The molecule has 1 N–H and O–H groups in total. The number of rotatable bonds is 5. The fourth-order valence-corrected chi connectivity index (χ4v) is 3.34. The Balaban J connectivity index is 2.11. The molecule has 0 spiro atoms. The molecule has 1 aliphatic heterocycles. The third-order valence-corrected chi connectivity index (χ3v) is 4.45. The van der Waals surface area contributed by atoms with Gasteiger partial charge in [-0.25, -0.2) is 0 Å². The van der Waals surface area contributed by atoms with Gasteiger partial charge in [-0.15, -0.1) is 0 Å². The zero-order valence-corrected chi connectivity index (χ0v) is 11.4. The molecule has 1 fully saturated rings. The van der Waals surface area contributed by atoms with E-state index in [4.69, 9.17) is 0 Å². The number of esters is 1. The van der Waals surface area contributed by atoms with Crippen LogP contribution in [0.2, 0.25) is 0 Å². The Morgan fingerprint density at radius 1 is 1.56 bits per heavy atom. The van der Waals surface area contributed by atoms with Crippen LogP contribution in [0.15, 0.2) is 0 Å². The first-order valence-electron chi connectivity index (χ1n) is 5.91. The van der Waals surface area contributed by atoms with Crippen LogP contribution in [-0.2, 0) is 9.53 Å². The van der Waals surface area contributed by atoms with Crippen LogP contribution >= 0.6 is 11.8 Å². The minimum atomic E-state index is -0.111. The largest absolute Gasteiger partial charge is 0.469 e. The molecule has 0 bridgehead atoms. The van der Waals surface area contributed by atoms with Gasteiger partial charge in [0.25, 0.3) is 0 Å². The number of hydrogen-bond donors (Lipinski definition) is 1. The Kier molecular flexibility index (Phi) is 5.62. The zero-order chi connectivity index (χ0) is 12.0. The molecule has 1 unspecified atom stereocenters. The highest BCUT2D eigenvalue weighted by Gasteiger charge is 2.27. The molecule has 1 heterocycles. The molecule has 0 aromatic carbocycles. The maximum absolute atomic E-state index is 10.9. The Labute approximate surface area is 103 Å². The van der Waals surface area contributed by atoms with Crippen molar-refractivity contribution >= 4 is 17.7 Å². The summed E-state index contributed by atoms with van der Waals surface area (Å²) >= 11 is 2.02. The molecule has 1 rings (SSSR count). The summed E-state index contributed by atoms with van der Waals surface area (Å²) in [5, 5.41) is 3.53. The topological polar surface area (TPSA) is 38.3 Å². The highest BCUT2D eigenvalue weighted by Crippen LogP contribution is 2.33. The first-order chi connectivity index (χ1) is 7.53. The van der Waals surface area contributed by atoms with Crippen molar-refractivity contribution in [2.45, 2.75) is 39.2 Å². The Morgan fingerprint density at radius 3 is 2.94 bits per heavy atom. The molecule has 94 valence electrons. The normalized spacial score (nSPS) is 24.1. The molecule has 0 saturated carbocycles. The SMILES string of the molecule is COC(=O)CCCNC1CSCC(C)(C)C1. The molecule has 1 aliphatic rings. The quantitative estimate of drug-likeness (QED) is 0.594. The van der Waals surface area contributed by atoms with E-state index < -0.39 is 0 Å². The summed E-state index contributed by atoms with van der Waals surface area (Å²) in [5.74, 6) is 2.34. The van der Waals surface area contributed by atoms with Crippen LogP contribution in [0.1, 0.15) is 33.1 Å². The van der Waals surface area contributed by atoms with Crippen LogP contribution in [0, 0.1) is 5.41 Å². The van der Waals surface area contributed by atoms with Crippen LogP contribution in [-0.4, -0.2) is 37.2 Å². The molecule has 0 aliphatic carbocycles. The van der Waals surface area contributed by atoms with E-state index in [0.29, 0.717) is 17.9 Å². The lowest BCUT2D eigenvalue weighted by molar-refractivity contribution is -0.140. The van der Waals surface area contributed by atoms with Gasteiger partial charge in [0.05, 0.1) is 7.11 Å². The van der Waals surface area contributed by atoms with Crippen LogP contribution in [0.25, 0.3) is 0 Å². The molecule has 0 aromatic rings. The van der Waals surface area contributed by atoms with Crippen LogP contribution in [0.4, 0.5) is 0 Å². The monoisotopic (exact) mass is 245 g/mol. The van der Waals surface area contributed by atoms with E-state index in [1.807, 2.05) is 11.8 Å². The van der Waals surface area contributed by atoms with Crippen molar-refractivity contribution in [1.82, 2.24) is 5.32 Å². The third-order valence-electron chi connectivity index (χ3n) is 2.83. The molecule has 1 saturated heterocycles. The number of methoxy groups -OCH3 is 1. The van der Waals surface area contributed by atoms with E-state index in [9.17, 15) is 4.79 Å². The smallest absolute Gasteiger partial charge is 0.305 e. The van der Waals surface area contributed by atoms with Gasteiger partial charge in [-0.2, -0.15) is 11.8 Å². The van der Waals surface area contributed by atoms with Gasteiger partial charge in [0.1, 0.15) is 0 Å². The number of nitrogens with one attached hydrogen (secondary N) is 1. The van der Waals surface area contributed by atoms with Gasteiger partial charge in [0.15, 0.2) is 0 Å². The van der Waals surface area contributed by atoms with Gasteiger partial charge in [-0.05, 0) is 30.6 Å². The second-order valence-corrected chi connectivity index (χ2v) is 6.24. The van der Waals surface area contributed by atoms with Gasteiger partial charge in [0, 0.05) is 18.2 Å². The van der Waals surface area contributed by atoms with Crippen molar-refractivity contribution in [3.63, 3.8) is 0 Å². The lowest BCUT2D eigenvalue weighted by Gasteiger charge is -2.35. The predicted molar refractivity (Wildman–Crippen MR) is 68.8 cm³/mol. The van der Waals surface area contributed by atoms with E-state index in [1.54, 1.807) is 0 Å². The van der Waals surface area contributed by atoms with E-state index >= 15 is 0 Å². The second kappa shape index (κ2) is 6.50. The van der Waals surface area contributed by atoms with Crippen LogP contribution in [0.5, 0.6) is 0 Å². The summed E-state index contributed by atoms with van der Waals surface area (Å²) in [6.45, 7) is 5.56. The lowest BCUT2D eigenvalue weighted by atomic mass is 9.88. The average molecular weight is 245 g/mol. The maximum atomic E-state index is 10.9. The van der Waals surface area contributed by atoms with Gasteiger partial charge in [-0.1, -0.05) is 13.8 Å². The predicted octanol–water partition coefficient (Wildman–Crippen LogP) is 2.06.